The van der Waals surface area contributed by atoms with Crippen LogP contribution in [0.15, 0.2) is 30.3 Å². The molecule has 1 aromatic carbocycles. The fourth-order valence-electron chi connectivity index (χ4n) is 6.47. The maximum atomic E-state index is 6.28. The van der Waals surface area contributed by atoms with Crippen LogP contribution >= 0.6 is 12.2 Å². The molecule has 118 valence electrons. The minimum atomic E-state index is 0.154. The summed E-state index contributed by atoms with van der Waals surface area (Å²) >= 11 is 5.57. The highest BCUT2D eigenvalue weighted by Crippen LogP contribution is 2.68. The van der Waals surface area contributed by atoms with Crippen LogP contribution in [-0.4, -0.2) is 4.99 Å². The van der Waals surface area contributed by atoms with E-state index in [0.29, 0.717) is 5.41 Å². The lowest BCUT2D eigenvalue weighted by Crippen LogP contribution is -2.60. The lowest BCUT2D eigenvalue weighted by atomic mass is 9.40. The van der Waals surface area contributed by atoms with Crippen LogP contribution in [0.2, 0.25) is 0 Å². The lowest BCUT2D eigenvalue weighted by Gasteiger charge is -2.65. The summed E-state index contributed by atoms with van der Waals surface area (Å²) in [4.78, 5) is 0.803. The van der Waals surface area contributed by atoms with Crippen molar-refractivity contribution in [2.75, 3.05) is 0 Å². The van der Waals surface area contributed by atoms with Gasteiger partial charge in [0.15, 0.2) is 0 Å². The summed E-state index contributed by atoms with van der Waals surface area (Å²) in [6.45, 7) is 2.33. The molecule has 4 aliphatic rings. The Kier molecular flexibility index (Phi) is 3.38. The molecule has 4 saturated carbocycles. The van der Waals surface area contributed by atoms with Gasteiger partial charge >= 0.3 is 0 Å². The zero-order chi connectivity index (χ0) is 15.4. The number of benzene rings is 1. The van der Waals surface area contributed by atoms with E-state index in [1.165, 1.54) is 44.9 Å². The molecule has 0 saturated heterocycles. The second-order valence-electron chi connectivity index (χ2n) is 8.26. The predicted octanol–water partition coefficient (Wildman–Crippen LogP) is 4.84. The Hall–Kier alpha value is -0.890. The molecule has 2 heteroatoms. The predicted molar refractivity (Wildman–Crippen MR) is 95.8 cm³/mol. The zero-order valence-electron chi connectivity index (χ0n) is 13.6. The van der Waals surface area contributed by atoms with Crippen LogP contribution < -0.4 is 5.73 Å². The van der Waals surface area contributed by atoms with Crippen molar-refractivity contribution < 1.29 is 0 Å². The third kappa shape index (κ3) is 1.99. The molecule has 0 radical (unpaired) electrons. The molecule has 22 heavy (non-hydrogen) atoms. The highest BCUT2D eigenvalue weighted by molar-refractivity contribution is 7.80. The topological polar surface area (TPSA) is 26.0 Å². The Balaban J connectivity index is 1.76. The molecular weight excluding hydrogens is 286 g/mol. The smallest absolute Gasteiger partial charge is 0.0790 e. The number of thiocarbonyl (C=S) groups is 1. The molecular formula is C20H27NS. The molecule has 1 nitrogen and oxygen atoms in total. The third-order valence-corrected chi connectivity index (χ3v) is 7.46. The van der Waals surface area contributed by atoms with E-state index in [1.54, 1.807) is 5.56 Å². The van der Waals surface area contributed by atoms with E-state index in [0.717, 1.165) is 22.7 Å². The first-order chi connectivity index (χ1) is 10.6. The summed E-state index contributed by atoms with van der Waals surface area (Å²) in [5, 5.41) is 0. The number of rotatable bonds is 4. The largest absolute Gasteiger partial charge is 0.393 e. The van der Waals surface area contributed by atoms with Gasteiger partial charge in [-0.2, -0.15) is 0 Å². The van der Waals surface area contributed by atoms with Gasteiger partial charge in [0.2, 0.25) is 0 Å². The fourth-order valence-corrected chi connectivity index (χ4v) is 6.71. The van der Waals surface area contributed by atoms with Gasteiger partial charge < -0.3 is 5.73 Å². The first-order valence-corrected chi connectivity index (χ1v) is 9.35. The van der Waals surface area contributed by atoms with Gasteiger partial charge in [-0.25, -0.2) is 0 Å². The number of hydrogen-bond acceptors (Lipinski definition) is 1. The fraction of sp³-hybridized carbons (Fsp3) is 0.650. The molecule has 4 aliphatic carbocycles. The Morgan fingerprint density at radius 3 is 2.32 bits per heavy atom. The summed E-state index contributed by atoms with van der Waals surface area (Å²) in [7, 11) is 0. The molecule has 2 N–H and O–H groups in total. The number of nitrogens with two attached hydrogens (primary N) is 1. The molecule has 1 aromatic rings. The summed E-state index contributed by atoms with van der Waals surface area (Å²) in [5.41, 5.74) is 8.32. The van der Waals surface area contributed by atoms with Crippen molar-refractivity contribution >= 4 is 17.2 Å². The van der Waals surface area contributed by atoms with E-state index < -0.39 is 0 Å². The molecule has 5 rings (SSSR count). The summed E-state index contributed by atoms with van der Waals surface area (Å²) < 4.78 is 0. The summed E-state index contributed by atoms with van der Waals surface area (Å²) in [6, 6.07) is 11.2. The van der Waals surface area contributed by atoms with Crippen LogP contribution in [0.5, 0.6) is 0 Å². The SMILES string of the molecule is CCCC1C2CC3(C(N)=S)CC1CC(c1ccccc1)(C2)C3. The van der Waals surface area contributed by atoms with E-state index in [-0.39, 0.29) is 5.41 Å². The molecule has 2 unspecified atom stereocenters. The standard InChI is InChI=1S/C20H27NS/c1-2-6-17-14-9-19(16-7-4-3-5-8-16)10-15(17)12-20(11-14,13-19)18(21)22/h3-5,7-8,14-15,17H,2,6,9-13H2,1H3,(H2,21,22). The molecule has 0 amide bonds. The van der Waals surface area contributed by atoms with Gasteiger partial charge in [-0.05, 0) is 60.8 Å². The Morgan fingerprint density at radius 1 is 1.14 bits per heavy atom. The van der Waals surface area contributed by atoms with Crippen molar-refractivity contribution in [3.63, 3.8) is 0 Å². The van der Waals surface area contributed by atoms with Crippen molar-refractivity contribution in [3.8, 4) is 0 Å². The molecule has 0 spiro atoms. The van der Waals surface area contributed by atoms with Crippen molar-refractivity contribution in [3.05, 3.63) is 35.9 Å². The van der Waals surface area contributed by atoms with Gasteiger partial charge in [0.1, 0.15) is 0 Å². The van der Waals surface area contributed by atoms with E-state index >= 15 is 0 Å². The normalized spacial score (nSPS) is 42.5. The molecule has 4 fully saturated rings. The molecule has 0 aromatic heterocycles. The summed E-state index contributed by atoms with van der Waals surface area (Å²) in [6.07, 6.45) is 9.16. The average molecular weight is 314 g/mol. The highest BCUT2D eigenvalue weighted by atomic mass is 32.1. The average Bonchev–Trinajstić information content (AvgIpc) is 2.51. The van der Waals surface area contributed by atoms with Gasteiger partial charge in [0.25, 0.3) is 0 Å². The van der Waals surface area contributed by atoms with E-state index in [2.05, 4.69) is 37.3 Å². The van der Waals surface area contributed by atoms with Crippen LogP contribution in [0, 0.1) is 23.2 Å². The van der Waals surface area contributed by atoms with Gasteiger partial charge in [-0.1, -0.05) is 62.3 Å². The maximum Gasteiger partial charge on any atom is 0.0790 e. The molecule has 0 heterocycles. The van der Waals surface area contributed by atoms with Crippen LogP contribution in [-0.2, 0) is 5.41 Å². The van der Waals surface area contributed by atoms with Crippen LogP contribution in [0.1, 0.15) is 57.4 Å². The molecule has 4 bridgehead atoms. The quantitative estimate of drug-likeness (QED) is 0.805. The van der Waals surface area contributed by atoms with Gasteiger partial charge in [-0.15, -0.1) is 0 Å². The Morgan fingerprint density at radius 2 is 1.77 bits per heavy atom. The third-order valence-electron chi connectivity index (χ3n) is 7.03. The number of hydrogen-bond donors (Lipinski definition) is 1. The first-order valence-electron chi connectivity index (χ1n) is 8.94. The minimum absolute atomic E-state index is 0.154. The van der Waals surface area contributed by atoms with Crippen molar-refractivity contribution in [2.45, 2.75) is 57.3 Å². The van der Waals surface area contributed by atoms with Crippen LogP contribution in [0.3, 0.4) is 0 Å². The van der Waals surface area contributed by atoms with E-state index in [9.17, 15) is 0 Å². The van der Waals surface area contributed by atoms with Gasteiger partial charge in [0.05, 0.1) is 4.99 Å². The van der Waals surface area contributed by atoms with Crippen molar-refractivity contribution in [2.24, 2.45) is 28.9 Å². The molecule has 0 aliphatic heterocycles. The zero-order valence-corrected chi connectivity index (χ0v) is 14.4. The molecule has 2 atom stereocenters. The Labute approximate surface area is 139 Å². The summed E-state index contributed by atoms with van der Waals surface area (Å²) in [5.74, 6) is 2.59. The van der Waals surface area contributed by atoms with Crippen molar-refractivity contribution in [1.82, 2.24) is 0 Å². The lowest BCUT2D eigenvalue weighted by molar-refractivity contribution is -0.0830. The second-order valence-corrected chi connectivity index (χ2v) is 8.70. The van der Waals surface area contributed by atoms with Crippen LogP contribution in [0.4, 0.5) is 0 Å². The highest BCUT2D eigenvalue weighted by Gasteiger charge is 2.62. The monoisotopic (exact) mass is 313 g/mol. The minimum Gasteiger partial charge on any atom is -0.393 e. The van der Waals surface area contributed by atoms with Gasteiger partial charge in [-0.3, -0.25) is 0 Å². The first kappa shape index (κ1) is 14.7. The Bertz CT molecular complexity index is 563. The van der Waals surface area contributed by atoms with Gasteiger partial charge in [0, 0.05) is 5.41 Å². The maximum absolute atomic E-state index is 6.28. The van der Waals surface area contributed by atoms with Crippen LogP contribution in [0.25, 0.3) is 0 Å². The van der Waals surface area contributed by atoms with E-state index in [1.807, 2.05) is 0 Å². The van der Waals surface area contributed by atoms with Crippen molar-refractivity contribution in [1.29, 1.82) is 0 Å². The second kappa shape index (κ2) is 5.06. The van der Waals surface area contributed by atoms with E-state index in [4.69, 9.17) is 18.0 Å².